The number of aliphatic carboxylic acids is 1. The molecule has 0 rings (SSSR count). The van der Waals surface area contributed by atoms with Crippen molar-refractivity contribution >= 4 is 23.3 Å². The second kappa shape index (κ2) is 5.02. The molecule has 0 aliphatic rings. The summed E-state index contributed by atoms with van der Waals surface area (Å²) in [6.07, 6.45) is -0.140. The smallest absolute Gasteiger partial charge is 0.329 e. The van der Waals surface area contributed by atoms with Crippen LogP contribution in [0.25, 0.3) is 0 Å². The first kappa shape index (κ1) is 9.20. The van der Waals surface area contributed by atoms with Crippen molar-refractivity contribution in [3.05, 3.63) is 0 Å². The first-order chi connectivity index (χ1) is 4.72. The van der Waals surface area contributed by atoms with Crippen molar-refractivity contribution < 1.29 is 14.3 Å². The molecule has 0 saturated heterocycles. The summed E-state index contributed by atoms with van der Waals surface area (Å²) in [4.78, 5) is 13.4. The van der Waals surface area contributed by atoms with Gasteiger partial charge in [-0.1, -0.05) is 0 Å². The van der Waals surface area contributed by atoms with Gasteiger partial charge >= 0.3 is 5.97 Å². The molecule has 0 aromatic carbocycles. The highest BCUT2D eigenvalue weighted by atomic mass is 32.1. The Morgan fingerprint density at radius 2 is 2.50 bits per heavy atom. The van der Waals surface area contributed by atoms with Gasteiger partial charge in [0.25, 0.3) is 0 Å². The van der Waals surface area contributed by atoms with Crippen LogP contribution in [0.2, 0.25) is 0 Å². The predicted octanol–water partition coefficient (Wildman–Crippen LogP) is 0.902. The number of halogens is 1. The van der Waals surface area contributed by atoms with Gasteiger partial charge in [0.05, 0.1) is 11.8 Å². The van der Waals surface area contributed by atoms with E-state index in [1.165, 1.54) is 0 Å². The number of nitrogens with zero attached hydrogens (tertiary/aromatic N) is 1. The summed E-state index contributed by atoms with van der Waals surface area (Å²) >= 11 is 4.16. The Morgan fingerprint density at radius 3 is 2.80 bits per heavy atom. The van der Waals surface area contributed by atoms with E-state index in [0.717, 1.165) is 0 Å². The molecular weight excluding hydrogens is 157 g/mol. The molecule has 0 radical (unpaired) electrons. The molecule has 0 heterocycles. The van der Waals surface area contributed by atoms with Crippen molar-refractivity contribution in [1.82, 2.24) is 0 Å². The fourth-order valence-corrected chi connectivity index (χ4v) is 0.537. The van der Waals surface area contributed by atoms with Gasteiger partial charge in [-0.05, 0) is 12.2 Å². The number of hydrogen-bond donors (Lipinski definition) is 1. The van der Waals surface area contributed by atoms with Gasteiger partial charge in [0.2, 0.25) is 0 Å². The van der Waals surface area contributed by atoms with Crippen molar-refractivity contribution in [2.75, 3.05) is 6.67 Å². The van der Waals surface area contributed by atoms with Crippen molar-refractivity contribution in [2.24, 2.45) is 4.99 Å². The van der Waals surface area contributed by atoms with Crippen LogP contribution in [0.1, 0.15) is 6.42 Å². The molecule has 0 bridgehead atoms. The van der Waals surface area contributed by atoms with Gasteiger partial charge in [-0.25, -0.2) is 9.79 Å². The minimum absolute atomic E-state index is 0.140. The quantitative estimate of drug-likeness (QED) is 0.495. The van der Waals surface area contributed by atoms with E-state index >= 15 is 0 Å². The first-order valence-electron chi connectivity index (χ1n) is 2.58. The second-order valence-corrected chi connectivity index (χ2v) is 1.73. The van der Waals surface area contributed by atoms with Crippen LogP contribution >= 0.6 is 12.2 Å². The van der Waals surface area contributed by atoms with E-state index < -0.39 is 18.7 Å². The van der Waals surface area contributed by atoms with Crippen molar-refractivity contribution in [3.8, 4) is 0 Å². The first-order valence-corrected chi connectivity index (χ1v) is 2.99. The predicted molar refractivity (Wildman–Crippen MR) is 37.0 cm³/mol. The van der Waals surface area contributed by atoms with Gasteiger partial charge in [-0.15, -0.1) is 0 Å². The Morgan fingerprint density at radius 1 is 1.90 bits per heavy atom. The van der Waals surface area contributed by atoms with E-state index in [1.807, 2.05) is 5.16 Å². The molecule has 0 spiro atoms. The number of thiocarbonyl (C=S) groups is 1. The lowest BCUT2D eigenvalue weighted by molar-refractivity contribution is -0.138. The minimum atomic E-state index is -1.17. The number of carboxylic acids is 1. The average molecular weight is 163 g/mol. The van der Waals surface area contributed by atoms with Gasteiger partial charge in [0, 0.05) is 6.42 Å². The molecule has 0 aliphatic heterocycles. The lowest BCUT2D eigenvalue weighted by Gasteiger charge is -1.99. The number of rotatable bonds is 4. The number of hydrogen-bond acceptors (Lipinski definition) is 3. The van der Waals surface area contributed by atoms with E-state index in [4.69, 9.17) is 5.11 Å². The Bertz CT molecular complexity index is 165. The van der Waals surface area contributed by atoms with Gasteiger partial charge in [-0.2, -0.15) is 0 Å². The zero-order chi connectivity index (χ0) is 7.98. The van der Waals surface area contributed by atoms with Crippen LogP contribution in [0, 0.1) is 0 Å². The summed E-state index contributed by atoms with van der Waals surface area (Å²) < 4.78 is 11.5. The zero-order valence-corrected chi connectivity index (χ0v) is 5.90. The molecule has 0 fully saturated rings. The van der Waals surface area contributed by atoms with Crippen LogP contribution in [0.5, 0.6) is 0 Å². The van der Waals surface area contributed by atoms with Crippen molar-refractivity contribution in [2.45, 2.75) is 12.5 Å². The normalized spacial score (nSPS) is 11.7. The molecule has 3 nitrogen and oxygen atoms in total. The van der Waals surface area contributed by atoms with E-state index in [9.17, 15) is 9.18 Å². The molecule has 56 valence electrons. The number of alkyl halides is 1. The number of carboxylic acid groups (broad SMARTS) is 1. The Balaban J connectivity index is 3.97. The van der Waals surface area contributed by atoms with E-state index in [0.29, 0.717) is 0 Å². The Labute approximate surface area is 62.6 Å². The van der Waals surface area contributed by atoms with Crippen molar-refractivity contribution in [1.29, 1.82) is 0 Å². The van der Waals surface area contributed by atoms with Crippen LogP contribution in [0.4, 0.5) is 4.39 Å². The number of carbonyl (C=O) groups is 1. The maximum absolute atomic E-state index is 11.5. The maximum atomic E-state index is 11.5. The summed E-state index contributed by atoms with van der Waals surface area (Å²) in [6, 6.07) is -1.07. The van der Waals surface area contributed by atoms with E-state index in [2.05, 4.69) is 17.2 Å². The SMILES string of the molecule is O=C(O)C(CCF)N=C=S. The van der Waals surface area contributed by atoms with Crippen LogP contribution < -0.4 is 0 Å². The summed E-state index contributed by atoms with van der Waals surface area (Å²) in [7, 11) is 0. The van der Waals surface area contributed by atoms with Crippen LogP contribution in [0.15, 0.2) is 4.99 Å². The molecule has 5 heteroatoms. The van der Waals surface area contributed by atoms with Crippen LogP contribution in [-0.4, -0.2) is 29.0 Å². The summed E-state index contributed by atoms with van der Waals surface area (Å²) in [5.41, 5.74) is 0. The standard InChI is InChI=1S/C5H6FNO2S/c6-2-1-4(5(8)9)7-3-10/h4H,1-2H2,(H,8,9). The molecule has 0 saturated carbocycles. The summed E-state index contributed by atoms with van der Waals surface area (Å²) in [6.45, 7) is -0.711. The summed E-state index contributed by atoms with van der Waals surface area (Å²) in [5, 5.41) is 10.2. The second-order valence-electron chi connectivity index (χ2n) is 1.55. The van der Waals surface area contributed by atoms with Gasteiger partial charge in [0.1, 0.15) is 0 Å². The third kappa shape index (κ3) is 3.27. The Kier molecular flexibility index (Phi) is 4.62. The van der Waals surface area contributed by atoms with Gasteiger partial charge in [-0.3, -0.25) is 4.39 Å². The lowest BCUT2D eigenvalue weighted by Crippen LogP contribution is -2.17. The Hall–Kier alpha value is -0.800. The highest BCUT2D eigenvalue weighted by molar-refractivity contribution is 7.78. The van der Waals surface area contributed by atoms with E-state index in [-0.39, 0.29) is 6.42 Å². The monoisotopic (exact) mass is 163 g/mol. The topological polar surface area (TPSA) is 49.7 Å². The molecule has 1 atom stereocenters. The van der Waals surface area contributed by atoms with E-state index in [1.54, 1.807) is 0 Å². The molecule has 0 aliphatic carbocycles. The molecule has 0 aromatic rings. The molecule has 1 unspecified atom stereocenters. The fraction of sp³-hybridized carbons (Fsp3) is 0.600. The maximum Gasteiger partial charge on any atom is 0.329 e. The fourth-order valence-electron chi connectivity index (χ4n) is 0.410. The van der Waals surface area contributed by atoms with Crippen molar-refractivity contribution in [3.63, 3.8) is 0 Å². The molecule has 1 N–H and O–H groups in total. The summed E-state index contributed by atoms with van der Waals surface area (Å²) in [5.74, 6) is -1.17. The largest absolute Gasteiger partial charge is 0.480 e. The molecule has 10 heavy (non-hydrogen) atoms. The van der Waals surface area contributed by atoms with Gasteiger partial charge in [0.15, 0.2) is 6.04 Å². The molecule has 0 aromatic heterocycles. The highest BCUT2D eigenvalue weighted by Gasteiger charge is 2.14. The average Bonchev–Trinajstić information content (AvgIpc) is 1.87. The minimum Gasteiger partial charge on any atom is -0.480 e. The number of aliphatic imine (C=N–C) groups is 1. The van der Waals surface area contributed by atoms with Crippen LogP contribution in [0.3, 0.4) is 0 Å². The van der Waals surface area contributed by atoms with Crippen LogP contribution in [-0.2, 0) is 4.79 Å². The third-order valence-corrected chi connectivity index (χ3v) is 0.982. The number of isothiocyanates is 1. The molecule has 0 amide bonds. The highest BCUT2D eigenvalue weighted by Crippen LogP contribution is 1.97. The molecular formula is C5H6FNO2S. The lowest BCUT2D eigenvalue weighted by atomic mass is 10.2. The zero-order valence-electron chi connectivity index (χ0n) is 5.08. The third-order valence-electron chi connectivity index (χ3n) is 0.876. The van der Waals surface area contributed by atoms with Gasteiger partial charge < -0.3 is 5.11 Å².